The number of nitrogens with zero attached hydrogens (tertiary/aromatic N) is 1. The Morgan fingerprint density at radius 2 is 1.76 bits per heavy atom. The van der Waals surface area contributed by atoms with Gasteiger partial charge in [-0.15, -0.1) is 0 Å². The monoisotopic (exact) mass is 234 g/mol. The number of rotatable bonds is 6. The summed E-state index contributed by atoms with van der Waals surface area (Å²) in [5.74, 6) is 0. The van der Waals surface area contributed by atoms with E-state index >= 15 is 0 Å². The van der Waals surface area contributed by atoms with E-state index in [0.717, 1.165) is 19.5 Å². The predicted molar refractivity (Wildman–Crippen MR) is 75.6 cm³/mol. The zero-order chi connectivity index (χ0) is 12.8. The van der Waals surface area contributed by atoms with Crippen molar-refractivity contribution >= 4 is 0 Å². The van der Waals surface area contributed by atoms with Gasteiger partial charge in [-0.1, -0.05) is 25.1 Å². The van der Waals surface area contributed by atoms with Gasteiger partial charge in [-0.25, -0.2) is 0 Å². The van der Waals surface area contributed by atoms with Crippen molar-refractivity contribution in [2.24, 2.45) is 0 Å². The molecule has 0 radical (unpaired) electrons. The first-order chi connectivity index (χ1) is 8.04. The maximum Gasteiger partial charge on any atom is 0.0235 e. The number of hydrogen-bond acceptors (Lipinski definition) is 2. The van der Waals surface area contributed by atoms with Crippen LogP contribution in [0.15, 0.2) is 18.2 Å². The highest BCUT2D eigenvalue weighted by molar-refractivity contribution is 5.34. The maximum atomic E-state index is 3.58. The van der Waals surface area contributed by atoms with E-state index in [1.165, 1.54) is 16.7 Å². The summed E-state index contributed by atoms with van der Waals surface area (Å²) in [7, 11) is 4.27. The first-order valence-corrected chi connectivity index (χ1v) is 6.47. The Morgan fingerprint density at radius 3 is 2.24 bits per heavy atom. The average Bonchev–Trinajstić information content (AvgIpc) is 2.23. The third-order valence-corrected chi connectivity index (χ3v) is 3.17. The minimum absolute atomic E-state index is 0.537. The molecule has 0 fully saturated rings. The molecule has 96 valence electrons. The first kappa shape index (κ1) is 14.2. The fourth-order valence-corrected chi connectivity index (χ4v) is 2.35. The van der Waals surface area contributed by atoms with Crippen molar-refractivity contribution in [3.05, 3.63) is 34.9 Å². The van der Waals surface area contributed by atoms with Crippen molar-refractivity contribution in [1.82, 2.24) is 10.2 Å². The van der Waals surface area contributed by atoms with Gasteiger partial charge in [0.05, 0.1) is 0 Å². The molecule has 0 spiro atoms. The summed E-state index contributed by atoms with van der Waals surface area (Å²) in [6, 6.07) is 7.10. The summed E-state index contributed by atoms with van der Waals surface area (Å²) >= 11 is 0. The van der Waals surface area contributed by atoms with Crippen LogP contribution in [0.4, 0.5) is 0 Å². The van der Waals surface area contributed by atoms with Crippen molar-refractivity contribution in [2.45, 2.75) is 33.2 Å². The molecule has 1 rings (SSSR count). The Labute approximate surface area is 106 Å². The second kappa shape index (κ2) is 6.77. The van der Waals surface area contributed by atoms with Gasteiger partial charge in [-0.2, -0.15) is 0 Å². The molecule has 1 N–H and O–H groups in total. The highest BCUT2D eigenvalue weighted by atomic mass is 15.1. The summed E-state index contributed by atoms with van der Waals surface area (Å²) in [6.45, 7) is 8.71. The zero-order valence-electron chi connectivity index (χ0n) is 11.9. The topological polar surface area (TPSA) is 15.3 Å². The number of hydrogen-bond donors (Lipinski definition) is 1. The second-order valence-electron chi connectivity index (χ2n) is 5.09. The van der Waals surface area contributed by atoms with E-state index in [1.807, 2.05) is 0 Å². The third kappa shape index (κ3) is 4.49. The van der Waals surface area contributed by atoms with E-state index in [9.17, 15) is 0 Å². The van der Waals surface area contributed by atoms with E-state index in [0.29, 0.717) is 6.04 Å². The lowest BCUT2D eigenvalue weighted by molar-refractivity contribution is 0.338. The van der Waals surface area contributed by atoms with Crippen LogP contribution in [0.5, 0.6) is 0 Å². The van der Waals surface area contributed by atoms with Gasteiger partial charge >= 0.3 is 0 Å². The third-order valence-electron chi connectivity index (χ3n) is 3.17. The maximum absolute atomic E-state index is 3.58. The van der Waals surface area contributed by atoms with Crippen LogP contribution in [0.3, 0.4) is 0 Å². The van der Waals surface area contributed by atoms with Gasteiger partial charge in [0.2, 0.25) is 0 Å². The van der Waals surface area contributed by atoms with Crippen molar-refractivity contribution in [1.29, 1.82) is 0 Å². The summed E-state index contributed by atoms with van der Waals surface area (Å²) < 4.78 is 0. The van der Waals surface area contributed by atoms with Crippen LogP contribution < -0.4 is 5.32 Å². The van der Waals surface area contributed by atoms with Crippen LogP contribution >= 0.6 is 0 Å². The second-order valence-corrected chi connectivity index (χ2v) is 5.09. The lowest BCUT2D eigenvalue weighted by Gasteiger charge is -2.23. The molecule has 0 aromatic heterocycles. The molecule has 0 saturated heterocycles. The minimum atomic E-state index is 0.537. The SMILES string of the molecule is CCNC(Cc1c(C)cccc1C)CN(C)C. The van der Waals surface area contributed by atoms with Gasteiger partial charge in [-0.05, 0) is 57.6 Å². The van der Waals surface area contributed by atoms with Crippen LogP contribution in [0.1, 0.15) is 23.6 Å². The van der Waals surface area contributed by atoms with Crippen molar-refractivity contribution < 1.29 is 0 Å². The van der Waals surface area contributed by atoms with Gasteiger partial charge < -0.3 is 10.2 Å². The summed E-state index contributed by atoms with van der Waals surface area (Å²) in [4.78, 5) is 2.25. The van der Waals surface area contributed by atoms with Gasteiger partial charge in [0, 0.05) is 12.6 Å². The average molecular weight is 234 g/mol. The fourth-order valence-electron chi connectivity index (χ4n) is 2.35. The molecule has 1 aromatic carbocycles. The molecular weight excluding hydrogens is 208 g/mol. The molecule has 0 aliphatic carbocycles. The predicted octanol–water partition coefficient (Wildman–Crippen LogP) is 2.39. The lowest BCUT2D eigenvalue weighted by Crippen LogP contribution is -2.40. The van der Waals surface area contributed by atoms with Crippen LogP contribution in [-0.2, 0) is 6.42 Å². The fraction of sp³-hybridized carbons (Fsp3) is 0.600. The summed E-state index contributed by atoms with van der Waals surface area (Å²) in [5, 5.41) is 3.58. The van der Waals surface area contributed by atoms with Gasteiger partial charge in [-0.3, -0.25) is 0 Å². The Kier molecular flexibility index (Phi) is 5.66. The largest absolute Gasteiger partial charge is 0.313 e. The van der Waals surface area contributed by atoms with Crippen molar-refractivity contribution in [3.8, 4) is 0 Å². The molecule has 0 amide bonds. The molecule has 0 heterocycles. The van der Waals surface area contributed by atoms with E-state index in [4.69, 9.17) is 0 Å². The van der Waals surface area contributed by atoms with E-state index in [1.54, 1.807) is 0 Å². The molecule has 1 aromatic rings. The van der Waals surface area contributed by atoms with Gasteiger partial charge in [0.15, 0.2) is 0 Å². The highest BCUT2D eigenvalue weighted by Gasteiger charge is 2.12. The van der Waals surface area contributed by atoms with E-state index < -0.39 is 0 Å². The van der Waals surface area contributed by atoms with E-state index in [2.05, 4.69) is 63.3 Å². The van der Waals surface area contributed by atoms with E-state index in [-0.39, 0.29) is 0 Å². The van der Waals surface area contributed by atoms with Gasteiger partial charge in [0.25, 0.3) is 0 Å². The molecule has 0 bridgehead atoms. The number of likely N-dealkylation sites (N-methyl/N-ethyl adjacent to an activating group) is 2. The Bertz CT molecular complexity index is 325. The zero-order valence-corrected chi connectivity index (χ0v) is 11.9. The van der Waals surface area contributed by atoms with Crippen LogP contribution in [0, 0.1) is 13.8 Å². The van der Waals surface area contributed by atoms with Crippen LogP contribution in [0.2, 0.25) is 0 Å². The lowest BCUT2D eigenvalue weighted by atomic mass is 9.96. The Hall–Kier alpha value is -0.860. The smallest absolute Gasteiger partial charge is 0.0235 e. The number of nitrogens with one attached hydrogen (secondary N) is 1. The van der Waals surface area contributed by atoms with Crippen LogP contribution in [0.25, 0.3) is 0 Å². The molecular formula is C15H26N2. The molecule has 17 heavy (non-hydrogen) atoms. The molecule has 0 aliphatic heterocycles. The summed E-state index contributed by atoms with van der Waals surface area (Å²) in [6.07, 6.45) is 1.12. The highest BCUT2D eigenvalue weighted by Crippen LogP contribution is 2.15. The molecule has 1 unspecified atom stereocenters. The Balaban J connectivity index is 2.78. The first-order valence-electron chi connectivity index (χ1n) is 6.47. The minimum Gasteiger partial charge on any atom is -0.313 e. The van der Waals surface area contributed by atoms with Gasteiger partial charge in [0.1, 0.15) is 0 Å². The van der Waals surface area contributed by atoms with Crippen LogP contribution in [-0.4, -0.2) is 38.1 Å². The normalized spacial score (nSPS) is 13.1. The number of aryl methyl sites for hydroxylation is 2. The molecule has 1 atom stereocenters. The van der Waals surface area contributed by atoms with Crippen molar-refractivity contribution in [3.63, 3.8) is 0 Å². The molecule has 0 aliphatic rings. The molecule has 2 nitrogen and oxygen atoms in total. The standard InChI is InChI=1S/C15H26N2/c1-6-16-14(11-17(4)5)10-15-12(2)8-7-9-13(15)3/h7-9,14,16H,6,10-11H2,1-5H3. The van der Waals surface area contributed by atoms with Crippen molar-refractivity contribution in [2.75, 3.05) is 27.2 Å². The Morgan fingerprint density at radius 1 is 1.18 bits per heavy atom. The number of benzene rings is 1. The molecule has 0 saturated carbocycles. The quantitative estimate of drug-likeness (QED) is 0.813. The summed E-state index contributed by atoms with van der Waals surface area (Å²) in [5.41, 5.74) is 4.32. The molecule has 2 heteroatoms.